The van der Waals surface area contributed by atoms with Gasteiger partial charge in [-0.3, -0.25) is 18.9 Å². The Labute approximate surface area is 208 Å². The number of nitrogens with one attached hydrogen (secondary N) is 1. The number of pyridine rings is 1. The summed E-state index contributed by atoms with van der Waals surface area (Å²) in [4.78, 5) is 30.4. The number of nitrogen functional groups attached to an aromatic ring is 1. The number of benzene rings is 2. The van der Waals surface area contributed by atoms with Crippen molar-refractivity contribution in [3.63, 3.8) is 0 Å². The Morgan fingerprint density at radius 3 is 2.49 bits per heavy atom. The Morgan fingerprint density at radius 1 is 1.09 bits per heavy atom. The van der Waals surface area contributed by atoms with Gasteiger partial charge in [0.1, 0.15) is 0 Å². The lowest BCUT2D eigenvalue weighted by Crippen LogP contribution is -2.39. The SMILES string of the molecule is Cc1ncc(Cl)cc1C(=O)N[C@H]1CC[C@H](Cn2c(=O)n(-c3ccc(N)cc3)c3ccccc32)CC1. The third-order valence-electron chi connectivity index (χ3n) is 6.91. The van der Waals surface area contributed by atoms with Crippen molar-refractivity contribution in [3.05, 3.63) is 87.6 Å². The van der Waals surface area contributed by atoms with Crippen molar-refractivity contribution < 1.29 is 4.79 Å². The Balaban J connectivity index is 1.30. The van der Waals surface area contributed by atoms with Gasteiger partial charge in [0.15, 0.2) is 0 Å². The lowest BCUT2D eigenvalue weighted by molar-refractivity contribution is 0.0919. The summed E-state index contributed by atoms with van der Waals surface area (Å²) in [6.45, 7) is 2.46. The summed E-state index contributed by atoms with van der Waals surface area (Å²) >= 11 is 6.02. The van der Waals surface area contributed by atoms with E-state index >= 15 is 0 Å². The van der Waals surface area contributed by atoms with Crippen LogP contribution in [0.15, 0.2) is 65.6 Å². The fourth-order valence-electron chi connectivity index (χ4n) is 5.01. The Hall–Kier alpha value is -3.58. The number of aryl methyl sites for hydroxylation is 1. The number of para-hydroxylation sites is 2. The molecule has 7 nitrogen and oxygen atoms in total. The maximum Gasteiger partial charge on any atom is 0.333 e. The van der Waals surface area contributed by atoms with Crippen molar-refractivity contribution in [1.82, 2.24) is 19.4 Å². The van der Waals surface area contributed by atoms with E-state index in [-0.39, 0.29) is 17.6 Å². The molecule has 1 aliphatic carbocycles. The van der Waals surface area contributed by atoms with Gasteiger partial charge in [-0.15, -0.1) is 0 Å². The number of fused-ring (bicyclic) bond motifs is 1. The highest BCUT2D eigenvalue weighted by Crippen LogP contribution is 2.28. The van der Waals surface area contributed by atoms with Crippen LogP contribution in [-0.4, -0.2) is 26.1 Å². The third-order valence-corrected chi connectivity index (χ3v) is 7.11. The molecule has 0 saturated heterocycles. The fraction of sp³-hybridized carbons (Fsp3) is 0.296. The topological polar surface area (TPSA) is 94.9 Å². The average molecular weight is 490 g/mol. The molecule has 2 aromatic carbocycles. The second-order valence-electron chi connectivity index (χ2n) is 9.29. The molecule has 0 spiro atoms. The summed E-state index contributed by atoms with van der Waals surface area (Å²) in [7, 11) is 0. The molecule has 1 saturated carbocycles. The Morgan fingerprint density at radius 2 is 1.77 bits per heavy atom. The van der Waals surface area contributed by atoms with E-state index < -0.39 is 0 Å². The number of nitrogens with zero attached hydrogens (tertiary/aromatic N) is 3. The minimum atomic E-state index is -0.135. The molecule has 0 atom stereocenters. The smallest absolute Gasteiger partial charge is 0.333 e. The van der Waals surface area contributed by atoms with Gasteiger partial charge < -0.3 is 11.1 Å². The lowest BCUT2D eigenvalue weighted by Gasteiger charge is -2.29. The predicted molar refractivity (Wildman–Crippen MR) is 139 cm³/mol. The van der Waals surface area contributed by atoms with E-state index in [0.717, 1.165) is 42.4 Å². The van der Waals surface area contributed by atoms with Gasteiger partial charge in [0.05, 0.1) is 33.0 Å². The monoisotopic (exact) mass is 489 g/mol. The van der Waals surface area contributed by atoms with E-state index in [1.807, 2.05) is 53.1 Å². The Kier molecular flexibility index (Phi) is 6.34. The number of hydrogen-bond donors (Lipinski definition) is 2. The number of aromatic nitrogens is 3. The molecule has 1 amide bonds. The molecule has 35 heavy (non-hydrogen) atoms. The van der Waals surface area contributed by atoms with E-state index in [1.54, 1.807) is 23.8 Å². The van der Waals surface area contributed by atoms with Gasteiger partial charge >= 0.3 is 5.69 Å². The van der Waals surface area contributed by atoms with Crippen molar-refractivity contribution >= 4 is 34.2 Å². The number of amides is 1. The highest BCUT2D eigenvalue weighted by molar-refractivity contribution is 6.30. The van der Waals surface area contributed by atoms with Gasteiger partial charge in [-0.05, 0) is 81.0 Å². The number of rotatable bonds is 5. The summed E-state index contributed by atoms with van der Waals surface area (Å²) in [6, 6.07) is 17.0. The molecule has 180 valence electrons. The van der Waals surface area contributed by atoms with Crippen molar-refractivity contribution in [2.75, 3.05) is 5.73 Å². The second-order valence-corrected chi connectivity index (χ2v) is 9.72. The van der Waals surface area contributed by atoms with Gasteiger partial charge in [-0.2, -0.15) is 0 Å². The van der Waals surface area contributed by atoms with E-state index in [1.165, 1.54) is 0 Å². The van der Waals surface area contributed by atoms with Crippen molar-refractivity contribution in [1.29, 1.82) is 0 Å². The normalized spacial score (nSPS) is 18.0. The summed E-state index contributed by atoms with van der Waals surface area (Å²) in [6.07, 6.45) is 5.16. The largest absolute Gasteiger partial charge is 0.399 e. The van der Waals surface area contributed by atoms with Gasteiger partial charge in [-0.25, -0.2) is 4.79 Å². The van der Waals surface area contributed by atoms with Crippen LogP contribution in [-0.2, 0) is 6.54 Å². The molecular formula is C27H28ClN5O2. The molecule has 5 rings (SSSR count). The van der Waals surface area contributed by atoms with Crippen LogP contribution < -0.4 is 16.7 Å². The molecule has 0 unspecified atom stereocenters. The first-order valence-corrected chi connectivity index (χ1v) is 12.3. The van der Waals surface area contributed by atoms with Crippen molar-refractivity contribution in [2.45, 2.75) is 45.2 Å². The van der Waals surface area contributed by atoms with Crippen LogP contribution >= 0.6 is 11.6 Å². The molecule has 0 aliphatic heterocycles. The van der Waals surface area contributed by atoms with E-state index in [2.05, 4.69) is 10.3 Å². The highest BCUT2D eigenvalue weighted by atomic mass is 35.5. The van der Waals surface area contributed by atoms with E-state index in [4.69, 9.17) is 17.3 Å². The molecule has 4 aromatic rings. The van der Waals surface area contributed by atoms with Gasteiger partial charge in [0, 0.05) is 24.5 Å². The molecule has 0 bridgehead atoms. The number of imidazole rings is 1. The number of hydrogen-bond acceptors (Lipinski definition) is 4. The molecular weight excluding hydrogens is 462 g/mol. The Bertz CT molecular complexity index is 1430. The maximum atomic E-state index is 13.5. The highest BCUT2D eigenvalue weighted by Gasteiger charge is 2.25. The number of anilines is 1. The first kappa shape index (κ1) is 23.2. The minimum absolute atomic E-state index is 0.0460. The van der Waals surface area contributed by atoms with Crippen LogP contribution in [0.25, 0.3) is 16.7 Å². The van der Waals surface area contributed by atoms with Crippen LogP contribution in [0.1, 0.15) is 41.7 Å². The minimum Gasteiger partial charge on any atom is -0.399 e. The molecule has 1 aliphatic rings. The zero-order chi connectivity index (χ0) is 24.5. The van der Waals surface area contributed by atoms with Crippen molar-refractivity contribution in [3.8, 4) is 5.69 Å². The van der Waals surface area contributed by atoms with E-state index in [9.17, 15) is 9.59 Å². The molecule has 3 N–H and O–H groups in total. The zero-order valence-electron chi connectivity index (χ0n) is 19.6. The first-order valence-electron chi connectivity index (χ1n) is 11.9. The predicted octanol–water partition coefficient (Wildman–Crippen LogP) is 4.72. The zero-order valence-corrected chi connectivity index (χ0v) is 20.3. The average Bonchev–Trinajstić information content (AvgIpc) is 3.13. The number of carbonyl (C=O) groups excluding carboxylic acids is 1. The van der Waals surface area contributed by atoms with Crippen LogP contribution in [0.5, 0.6) is 0 Å². The summed E-state index contributed by atoms with van der Waals surface area (Å²) in [5, 5.41) is 3.59. The second kappa shape index (κ2) is 9.58. The molecule has 2 heterocycles. The van der Waals surface area contributed by atoms with Crippen LogP contribution in [0.2, 0.25) is 5.02 Å². The maximum absolute atomic E-state index is 13.5. The number of carbonyl (C=O) groups is 1. The molecule has 8 heteroatoms. The van der Waals surface area contributed by atoms with E-state index in [0.29, 0.717) is 34.4 Å². The molecule has 2 aromatic heterocycles. The molecule has 1 fully saturated rings. The third kappa shape index (κ3) is 4.68. The number of halogens is 1. The van der Waals surface area contributed by atoms with Gasteiger partial charge in [0.2, 0.25) is 0 Å². The summed E-state index contributed by atoms with van der Waals surface area (Å²) in [5.74, 6) is 0.227. The van der Waals surface area contributed by atoms with Crippen LogP contribution in [0.3, 0.4) is 0 Å². The van der Waals surface area contributed by atoms with Crippen molar-refractivity contribution in [2.24, 2.45) is 5.92 Å². The first-order chi connectivity index (χ1) is 16.9. The fourth-order valence-corrected chi connectivity index (χ4v) is 5.16. The van der Waals surface area contributed by atoms with Gasteiger partial charge in [-0.1, -0.05) is 23.7 Å². The van der Waals surface area contributed by atoms with Crippen LogP contribution in [0, 0.1) is 12.8 Å². The number of nitrogens with two attached hydrogens (primary N) is 1. The summed E-state index contributed by atoms with van der Waals surface area (Å²) < 4.78 is 3.64. The quantitative estimate of drug-likeness (QED) is 0.396. The van der Waals surface area contributed by atoms with Gasteiger partial charge in [0.25, 0.3) is 5.91 Å². The lowest BCUT2D eigenvalue weighted by atomic mass is 9.85. The standard InChI is InChI=1S/C27H28ClN5O2/c1-17-23(14-19(28)15-30-17)26(34)31-21-10-6-18(7-11-21)16-32-24-4-2-3-5-25(24)33(27(32)35)22-12-8-20(29)9-13-22/h2-5,8-9,12-15,18,21H,6-7,10-11,16,29H2,1H3,(H,31,34)/t18-,21-. The van der Waals surface area contributed by atoms with Crippen LogP contribution in [0.4, 0.5) is 5.69 Å². The molecule has 0 radical (unpaired) electrons. The summed E-state index contributed by atoms with van der Waals surface area (Å²) in [5.41, 5.74) is 10.3.